The van der Waals surface area contributed by atoms with Crippen LogP contribution in [0, 0.1) is 0 Å². The minimum absolute atomic E-state index is 0. The largest absolute Gasteiger partial charge is 0.419 e. The molecule has 0 unspecified atom stereocenters. The molecule has 0 aromatic rings. The minimum Gasteiger partial charge on any atom is -0.419 e. The molecule has 0 aromatic heterocycles. The fraction of sp³-hybridized carbons (Fsp3) is 0.286. The predicted octanol–water partition coefficient (Wildman–Crippen LogP) is 1.62. The second kappa shape index (κ2) is 8.25. The van der Waals surface area contributed by atoms with E-state index >= 15 is 0 Å². The molecule has 0 aliphatic carbocycles. The van der Waals surface area contributed by atoms with Gasteiger partial charge in [-0.1, -0.05) is 0 Å². The van der Waals surface area contributed by atoms with Crippen LogP contribution < -0.4 is 0 Å². The molecular formula is C7H9OY-. The van der Waals surface area contributed by atoms with E-state index in [0.29, 0.717) is 0 Å². The number of rotatable bonds is 2. The summed E-state index contributed by atoms with van der Waals surface area (Å²) in [6.07, 6.45) is 6.82. The van der Waals surface area contributed by atoms with E-state index in [1.165, 1.54) is 6.08 Å². The van der Waals surface area contributed by atoms with Gasteiger partial charge in [0.25, 0.3) is 0 Å². The van der Waals surface area contributed by atoms with Crippen molar-refractivity contribution in [2.24, 2.45) is 0 Å². The van der Waals surface area contributed by atoms with Gasteiger partial charge in [-0.25, -0.2) is 0 Å². The molecule has 9 heavy (non-hydrogen) atoms. The predicted molar refractivity (Wildman–Crippen MR) is 34.3 cm³/mol. The molecule has 0 aliphatic heterocycles. The normalized spacial score (nSPS) is 11.1. The second-order valence-corrected chi connectivity index (χ2v) is 1.51. The van der Waals surface area contributed by atoms with Crippen molar-refractivity contribution in [1.29, 1.82) is 0 Å². The van der Waals surface area contributed by atoms with Crippen LogP contribution in [0.5, 0.6) is 0 Å². The summed E-state index contributed by atoms with van der Waals surface area (Å²) in [5, 5.41) is 0. The fourth-order valence-corrected chi connectivity index (χ4v) is 0.404. The smallest absolute Gasteiger partial charge is 0 e. The van der Waals surface area contributed by atoms with Crippen LogP contribution >= 0.6 is 0 Å². The molecule has 0 N–H and O–H groups in total. The van der Waals surface area contributed by atoms with Crippen LogP contribution in [-0.4, -0.2) is 6.29 Å². The first-order valence-corrected chi connectivity index (χ1v) is 2.48. The summed E-state index contributed by atoms with van der Waals surface area (Å²) in [6.45, 7) is 3.76. The molecule has 1 nitrogen and oxygen atoms in total. The molecule has 0 rings (SSSR count). The van der Waals surface area contributed by atoms with Gasteiger partial charge in [0.15, 0.2) is 0 Å². The van der Waals surface area contributed by atoms with Crippen LogP contribution in [0.1, 0.15) is 13.8 Å². The first kappa shape index (κ1) is 12.0. The summed E-state index contributed by atoms with van der Waals surface area (Å²) in [7, 11) is 0. The van der Waals surface area contributed by atoms with Gasteiger partial charge in [-0.15, -0.1) is 19.1 Å². The van der Waals surface area contributed by atoms with Crippen LogP contribution in [0.3, 0.4) is 0 Å². The van der Waals surface area contributed by atoms with Gasteiger partial charge in [-0.3, -0.25) is 0 Å². The average Bonchev–Trinajstić information content (AvgIpc) is 1.68. The van der Waals surface area contributed by atoms with Gasteiger partial charge >= 0.3 is 0 Å². The molecule has 0 saturated carbocycles. The van der Waals surface area contributed by atoms with Crippen molar-refractivity contribution < 1.29 is 37.5 Å². The molecule has 1 radical (unpaired) electrons. The molecular weight excluding hydrogens is 189 g/mol. The summed E-state index contributed by atoms with van der Waals surface area (Å²) >= 11 is 0. The molecule has 0 saturated heterocycles. The summed E-state index contributed by atoms with van der Waals surface area (Å²) in [5.41, 5.74) is 0.933. The molecule has 0 atom stereocenters. The monoisotopic (exact) mass is 198 g/mol. The molecule has 0 spiro atoms. The van der Waals surface area contributed by atoms with Crippen molar-refractivity contribution in [2.75, 3.05) is 0 Å². The first-order chi connectivity index (χ1) is 3.81. The Hall–Kier alpha value is 0.254. The van der Waals surface area contributed by atoms with E-state index < -0.39 is 0 Å². The fourth-order valence-electron chi connectivity index (χ4n) is 0.404. The van der Waals surface area contributed by atoms with Crippen molar-refractivity contribution in [3.63, 3.8) is 0 Å². The van der Waals surface area contributed by atoms with Gasteiger partial charge in [0.2, 0.25) is 0 Å². The molecule has 0 aliphatic rings. The average molecular weight is 198 g/mol. The Bertz CT molecular complexity index is 125. The van der Waals surface area contributed by atoms with E-state index in [-0.39, 0.29) is 32.7 Å². The number of hydrogen-bond donors (Lipinski definition) is 0. The van der Waals surface area contributed by atoms with E-state index in [0.717, 1.165) is 5.57 Å². The molecule has 0 aromatic carbocycles. The first-order valence-electron chi connectivity index (χ1n) is 2.48. The van der Waals surface area contributed by atoms with E-state index in [9.17, 15) is 4.79 Å². The maximum Gasteiger partial charge on any atom is 0 e. The van der Waals surface area contributed by atoms with E-state index in [4.69, 9.17) is 0 Å². The van der Waals surface area contributed by atoms with Crippen LogP contribution in [0.2, 0.25) is 0 Å². The Morgan fingerprint density at radius 3 is 2.44 bits per heavy atom. The molecule has 0 heterocycles. The van der Waals surface area contributed by atoms with Gasteiger partial charge in [0.05, 0.1) is 0 Å². The third-order valence-electron chi connectivity index (χ3n) is 0.716. The van der Waals surface area contributed by atoms with Crippen molar-refractivity contribution in [1.82, 2.24) is 0 Å². The van der Waals surface area contributed by atoms with Gasteiger partial charge < -0.3 is 4.79 Å². The van der Waals surface area contributed by atoms with Crippen molar-refractivity contribution in [3.8, 4) is 0 Å². The summed E-state index contributed by atoms with van der Waals surface area (Å²) in [5.74, 6) is 0. The minimum atomic E-state index is 0. The van der Waals surface area contributed by atoms with E-state index in [1.807, 2.05) is 26.0 Å². The third kappa shape index (κ3) is 8.25. The number of hydrogen-bond acceptors (Lipinski definition) is 1. The zero-order valence-electron chi connectivity index (χ0n) is 5.72. The molecule has 0 bridgehead atoms. The Labute approximate surface area is 81.1 Å². The van der Waals surface area contributed by atoms with Gasteiger partial charge in [0.1, 0.15) is 0 Å². The maximum atomic E-state index is 9.65. The summed E-state index contributed by atoms with van der Waals surface area (Å²) in [6, 6.07) is 0. The summed E-state index contributed by atoms with van der Waals surface area (Å²) < 4.78 is 0. The van der Waals surface area contributed by atoms with Crippen LogP contribution in [0.4, 0.5) is 0 Å². The summed E-state index contributed by atoms with van der Waals surface area (Å²) in [4.78, 5) is 9.65. The zero-order valence-corrected chi connectivity index (χ0v) is 8.56. The zero-order chi connectivity index (χ0) is 6.41. The maximum absolute atomic E-state index is 9.65. The third-order valence-corrected chi connectivity index (χ3v) is 0.716. The van der Waals surface area contributed by atoms with Gasteiger partial charge in [-0.2, -0.15) is 11.6 Å². The van der Waals surface area contributed by atoms with E-state index in [1.54, 1.807) is 6.29 Å². The SMILES string of the molecule is C/C=C/C(C)=C/[C-]=O.[Y]. The molecule has 0 fully saturated rings. The van der Waals surface area contributed by atoms with Crippen molar-refractivity contribution in [3.05, 3.63) is 23.8 Å². The number of carbonyl (C=O) groups excluding carboxylic acids is 1. The molecule has 0 amide bonds. The van der Waals surface area contributed by atoms with Gasteiger partial charge in [-0.05, 0) is 13.2 Å². The molecule has 47 valence electrons. The Morgan fingerprint density at radius 2 is 2.11 bits per heavy atom. The van der Waals surface area contributed by atoms with Gasteiger partial charge in [0, 0.05) is 32.7 Å². The molecule has 2 heteroatoms. The Kier molecular flexibility index (Phi) is 11.0. The Balaban J connectivity index is 0. The van der Waals surface area contributed by atoms with Crippen molar-refractivity contribution in [2.45, 2.75) is 13.8 Å². The number of allylic oxidation sites excluding steroid dienone is 4. The quantitative estimate of drug-likeness (QED) is 0.374. The standard InChI is InChI=1S/C7H9O.Y/c1-3-4-7(2)5-6-8;/h3-5H,1-2H3;/q-1;/b4-3+,7-5+;. The topological polar surface area (TPSA) is 17.1 Å². The van der Waals surface area contributed by atoms with Crippen LogP contribution in [0.25, 0.3) is 0 Å². The van der Waals surface area contributed by atoms with Crippen molar-refractivity contribution >= 4 is 6.29 Å². The Morgan fingerprint density at radius 1 is 1.56 bits per heavy atom. The second-order valence-electron chi connectivity index (χ2n) is 1.51. The van der Waals surface area contributed by atoms with Crippen LogP contribution in [-0.2, 0) is 37.5 Å². The van der Waals surface area contributed by atoms with E-state index in [2.05, 4.69) is 0 Å². The van der Waals surface area contributed by atoms with Crippen LogP contribution in [0.15, 0.2) is 23.8 Å².